The number of hydrogen-bond acceptors (Lipinski definition) is 5. The Bertz CT molecular complexity index is 699. The van der Waals surface area contributed by atoms with Gasteiger partial charge in [-0.05, 0) is 23.6 Å². The molecule has 1 aromatic heterocycles. The van der Waals surface area contributed by atoms with Gasteiger partial charge in [0.05, 0.1) is 12.0 Å². The summed E-state index contributed by atoms with van der Waals surface area (Å²) in [5, 5.41) is 4.53. The number of primary amides is 1. The highest BCUT2D eigenvalue weighted by Crippen LogP contribution is 2.25. The number of benzene rings is 1. The van der Waals surface area contributed by atoms with Gasteiger partial charge in [-0.3, -0.25) is 14.4 Å². The van der Waals surface area contributed by atoms with E-state index >= 15 is 0 Å². The molecule has 0 radical (unpaired) electrons. The van der Waals surface area contributed by atoms with Gasteiger partial charge < -0.3 is 11.1 Å². The van der Waals surface area contributed by atoms with Crippen LogP contribution < -0.4 is 11.1 Å². The van der Waals surface area contributed by atoms with Crippen molar-refractivity contribution in [2.45, 2.75) is 17.7 Å². The topological polar surface area (TPSA) is 89.3 Å². The second-order valence-electron chi connectivity index (χ2n) is 4.70. The van der Waals surface area contributed by atoms with Gasteiger partial charge in [0.15, 0.2) is 5.12 Å². The molecule has 0 fully saturated rings. The van der Waals surface area contributed by atoms with Gasteiger partial charge in [0.1, 0.15) is 0 Å². The Morgan fingerprint density at radius 1 is 1.13 bits per heavy atom. The molecule has 0 saturated heterocycles. The van der Waals surface area contributed by atoms with Crippen LogP contribution in [0.4, 0.5) is 0 Å². The van der Waals surface area contributed by atoms with Crippen molar-refractivity contribution < 1.29 is 14.4 Å². The molecule has 0 bridgehead atoms. The van der Waals surface area contributed by atoms with Gasteiger partial charge in [-0.2, -0.15) is 0 Å². The van der Waals surface area contributed by atoms with Crippen LogP contribution in [0.3, 0.4) is 0 Å². The largest absolute Gasteiger partial charge is 0.370 e. The Morgan fingerprint density at radius 2 is 1.91 bits per heavy atom. The van der Waals surface area contributed by atoms with E-state index < -0.39 is 5.91 Å². The summed E-state index contributed by atoms with van der Waals surface area (Å²) in [5.74, 6) is -0.794. The SMILES string of the molecule is NC(=O)CCNC(=O)c1ccccc1SC(=O)Cc1cccs1. The Kier molecular flexibility index (Phi) is 6.37. The predicted molar refractivity (Wildman–Crippen MR) is 91.5 cm³/mol. The van der Waals surface area contributed by atoms with Gasteiger partial charge in [0.2, 0.25) is 5.91 Å². The van der Waals surface area contributed by atoms with Crippen molar-refractivity contribution in [1.29, 1.82) is 0 Å². The summed E-state index contributed by atoms with van der Waals surface area (Å²) in [5.41, 5.74) is 5.46. The van der Waals surface area contributed by atoms with Crippen LogP contribution >= 0.6 is 23.1 Å². The van der Waals surface area contributed by atoms with Gasteiger partial charge >= 0.3 is 0 Å². The Hall–Kier alpha value is -2.12. The zero-order valence-electron chi connectivity index (χ0n) is 12.3. The number of carbonyl (C=O) groups excluding carboxylic acids is 3. The molecule has 1 heterocycles. The van der Waals surface area contributed by atoms with E-state index in [0.29, 0.717) is 16.9 Å². The standard InChI is InChI=1S/C16H16N2O3S2/c17-14(19)7-8-18-16(21)12-5-1-2-6-13(12)23-15(20)10-11-4-3-9-22-11/h1-6,9H,7-8,10H2,(H2,17,19)(H,18,21). The van der Waals surface area contributed by atoms with Crippen LogP contribution in [0.25, 0.3) is 0 Å². The quantitative estimate of drug-likeness (QED) is 0.751. The normalized spacial score (nSPS) is 10.3. The van der Waals surface area contributed by atoms with E-state index in [1.54, 1.807) is 24.3 Å². The Labute approximate surface area is 142 Å². The van der Waals surface area contributed by atoms with Gasteiger partial charge in [-0.1, -0.05) is 30.0 Å². The van der Waals surface area contributed by atoms with E-state index in [4.69, 9.17) is 5.73 Å². The molecule has 2 rings (SSSR count). The number of amides is 2. The van der Waals surface area contributed by atoms with Crippen LogP contribution in [-0.2, 0) is 16.0 Å². The summed E-state index contributed by atoms with van der Waals surface area (Å²) < 4.78 is 0. The van der Waals surface area contributed by atoms with Crippen molar-refractivity contribution in [2.75, 3.05) is 6.54 Å². The van der Waals surface area contributed by atoms with Crippen LogP contribution in [0, 0.1) is 0 Å². The minimum absolute atomic E-state index is 0.0233. The van der Waals surface area contributed by atoms with Crippen molar-refractivity contribution in [3.63, 3.8) is 0 Å². The van der Waals surface area contributed by atoms with Crippen LogP contribution in [0.15, 0.2) is 46.7 Å². The molecule has 120 valence electrons. The van der Waals surface area contributed by atoms with E-state index in [0.717, 1.165) is 16.6 Å². The van der Waals surface area contributed by atoms with Crippen molar-refractivity contribution in [1.82, 2.24) is 5.32 Å². The summed E-state index contributed by atoms with van der Waals surface area (Å²) in [4.78, 5) is 36.6. The third-order valence-corrected chi connectivity index (χ3v) is 4.74. The summed E-state index contributed by atoms with van der Waals surface area (Å²) >= 11 is 2.58. The zero-order chi connectivity index (χ0) is 16.7. The molecule has 0 unspecified atom stereocenters. The first-order valence-corrected chi connectivity index (χ1v) is 8.64. The maximum Gasteiger partial charge on any atom is 0.252 e. The molecule has 0 spiro atoms. The average molecular weight is 348 g/mol. The van der Waals surface area contributed by atoms with Gasteiger partial charge in [-0.25, -0.2) is 0 Å². The molecular weight excluding hydrogens is 332 g/mol. The highest BCUT2D eigenvalue weighted by Gasteiger charge is 2.15. The fourth-order valence-electron chi connectivity index (χ4n) is 1.85. The second-order valence-corrected chi connectivity index (χ2v) is 6.83. The maximum atomic E-state index is 12.2. The van der Waals surface area contributed by atoms with Crippen molar-refractivity contribution in [2.24, 2.45) is 5.73 Å². The average Bonchev–Trinajstić information content (AvgIpc) is 3.00. The summed E-state index contributed by atoms with van der Waals surface area (Å²) in [6.45, 7) is 0.177. The number of hydrogen-bond donors (Lipinski definition) is 2. The number of carbonyl (C=O) groups is 3. The second kappa shape index (κ2) is 8.50. The minimum atomic E-state index is -0.473. The lowest BCUT2D eigenvalue weighted by molar-refractivity contribution is -0.117. The first-order chi connectivity index (χ1) is 11.1. The highest BCUT2D eigenvalue weighted by atomic mass is 32.2. The minimum Gasteiger partial charge on any atom is -0.370 e. The molecule has 1 aromatic carbocycles. The lowest BCUT2D eigenvalue weighted by Gasteiger charge is -2.08. The van der Waals surface area contributed by atoms with Gasteiger partial charge in [-0.15, -0.1) is 11.3 Å². The zero-order valence-corrected chi connectivity index (χ0v) is 13.9. The first-order valence-electron chi connectivity index (χ1n) is 6.95. The molecule has 2 aromatic rings. The first kappa shape index (κ1) is 17.2. The fraction of sp³-hybridized carbons (Fsp3) is 0.188. The summed E-state index contributed by atoms with van der Waals surface area (Å²) in [6.07, 6.45) is 0.415. The van der Waals surface area contributed by atoms with Crippen molar-refractivity contribution in [3.8, 4) is 0 Å². The monoisotopic (exact) mass is 348 g/mol. The Morgan fingerprint density at radius 3 is 2.61 bits per heavy atom. The molecule has 2 amide bonds. The maximum absolute atomic E-state index is 12.2. The molecule has 5 nitrogen and oxygen atoms in total. The summed E-state index contributed by atoms with van der Waals surface area (Å²) in [7, 11) is 0. The number of rotatable bonds is 7. The van der Waals surface area contributed by atoms with Crippen LogP contribution in [0.5, 0.6) is 0 Å². The number of thiophene rings is 1. The van der Waals surface area contributed by atoms with E-state index in [1.807, 2.05) is 17.5 Å². The van der Waals surface area contributed by atoms with Crippen LogP contribution in [0.1, 0.15) is 21.7 Å². The van der Waals surface area contributed by atoms with E-state index in [1.165, 1.54) is 11.3 Å². The molecule has 23 heavy (non-hydrogen) atoms. The molecule has 0 aliphatic carbocycles. The van der Waals surface area contributed by atoms with E-state index in [9.17, 15) is 14.4 Å². The predicted octanol–water partition coefficient (Wildman–Crippen LogP) is 2.21. The third kappa shape index (κ3) is 5.54. The van der Waals surface area contributed by atoms with E-state index in [2.05, 4.69) is 5.32 Å². The molecule has 0 aliphatic heterocycles. The van der Waals surface area contributed by atoms with Crippen LogP contribution in [-0.4, -0.2) is 23.5 Å². The molecule has 7 heteroatoms. The molecule has 0 aliphatic rings. The number of thioether (sulfide) groups is 1. The van der Waals surface area contributed by atoms with Gasteiger partial charge in [0, 0.05) is 22.7 Å². The van der Waals surface area contributed by atoms with E-state index in [-0.39, 0.29) is 24.0 Å². The molecular formula is C16H16N2O3S2. The lowest BCUT2D eigenvalue weighted by atomic mass is 10.2. The molecule has 0 atom stereocenters. The molecule has 0 saturated carbocycles. The highest BCUT2D eigenvalue weighted by molar-refractivity contribution is 8.13. The smallest absolute Gasteiger partial charge is 0.252 e. The number of nitrogens with one attached hydrogen (secondary N) is 1. The van der Waals surface area contributed by atoms with Crippen molar-refractivity contribution in [3.05, 3.63) is 52.2 Å². The third-order valence-electron chi connectivity index (χ3n) is 2.91. The van der Waals surface area contributed by atoms with Gasteiger partial charge in [0.25, 0.3) is 5.91 Å². The number of nitrogens with two attached hydrogens (primary N) is 1. The summed E-state index contributed by atoms with van der Waals surface area (Å²) in [6, 6.07) is 10.7. The Balaban J connectivity index is 2.00. The van der Waals surface area contributed by atoms with Crippen molar-refractivity contribution >= 4 is 40.0 Å². The van der Waals surface area contributed by atoms with Crippen LogP contribution in [0.2, 0.25) is 0 Å². The molecule has 3 N–H and O–H groups in total. The lowest BCUT2D eigenvalue weighted by Crippen LogP contribution is -2.28. The fourth-order valence-corrected chi connectivity index (χ4v) is 3.54.